The summed E-state index contributed by atoms with van der Waals surface area (Å²) in [6.45, 7) is 13.4. The number of benzene rings is 2. The van der Waals surface area contributed by atoms with Crippen molar-refractivity contribution in [1.82, 2.24) is 15.1 Å². The van der Waals surface area contributed by atoms with Gasteiger partial charge in [0, 0.05) is 17.8 Å². The second-order valence-electron chi connectivity index (χ2n) is 10.7. The molecule has 1 aromatic heterocycles. The number of nitrogens with one attached hydrogen (secondary N) is 1. The molecule has 36 heavy (non-hydrogen) atoms. The number of aromatic nitrogens is 2. The molecule has 1 N–H and O–H groups in total. The summed E-state index contributed by atoms with van der Waals surface area (Å²) < 4.78 is 1.71. The average molecular weight is 487 g/mol. The van der Waals surface area contributed by atoms with Gasteiger partial charge < -0.3 is 5.32 Å². The molecule has 2 heterocycles. The van der Waals surface area contributed by atoms with E-state index < -0.39 is 5.54 Å². The molecule has 0 saturated carbocycles. The number of anilines is 1. The number of hydrogen-bond acceptors (Lipinski definition) is 3. The van der Waals surface area contributed by atoms with Crippen LogP contribution >= 0.6 is 0 Å². The number of carbonyl (C=O) groups excluding carboxylic acids is 2. The molecular formula is C30H38N4O2. The van der Waals surface area contributed by atoms with Crippen LogP contribution in [-0.2, 0) is 17.8 Å². The van der Waals surface area contributed by atoms with Gasteiger partial charge in [0.05, 0.1) is 12.2 Å². The van der Waals surface area contributed by atoms with Crippen LogP contribution < -0.4 is 10.2 Å². The van der Waals surface area contributed by atoms with Crippen LogP contribution in [-0.4, -0.2) is 33.7 Å². The summed E-state index contributed by atoms with van der Waals surface area (Å²) in [7, 11) is 0. The number of rotatable bonds is 8. The van der Waals surface area contributed by atoms with E-state index >= 15 is 0 Å². The molecular weight excluding hydrogens is 448 g/mol. The molecule has 2 amide bonds. The molecule has 1 atom stereocenters. The summed E-state index contributed by atoms with van der Waals surface area (Å²) in [5.74, 6) is 0.552. The van der Waals surface area contributed by atoms with Gasteiger partial charge in [-0.2, -0.15) is 5.10 Å². The van der Waals surface area contributed by atoms with Crippen LogP contribution in [0.4, 0.5) is 5.69 Å². The van der Waals surface area contributed by atoms with Crippen LogP contribution in [0.1, 0.15) is 75.5 Å². The van der Waals surface area contributed by atoms with Gasteiger partial charge in [-0.05, 0) is 54.9 Å². The van der Waals surface area contributed by atoms with E-state index in [0.717, 1.165) is 35.3 Å². The molecule has 0 aliphatic carbocycles. The minimum Gasteiger partial charge on any atom is -0.354 e. The first-order valence-electron chi connectivity index (χ1n) is 13.0. The Balaban J connectivity index is 1.77. The molecule has 0 saturated heterocycles. The second-order valence-corrected chi connectivity index (χ2v) is 10.7. The number of carbonyl (C=O) groups is 2. The first kappa shape index (κ1) is 25.7. The molecule has 0 fully saturated rings. The third-order valence-electron chi connectivity index (χ3n) is 7.14. The lowest BCUT2D eigenvalue weighted by Crippen LogP contribution is -2.64. The molecule has 3 aromatic rings. The van der Waals surface area contributed by atoms with E-state index in [1.807, 2.05) is 37.3 Å². The summed E-state index contributed by atoms with van der Waals surface area (Å²) in [4.78, 5) is 29.4. The van der Waals surface area contributed by atoms with Crippen molar-refractivity contribution >= 4 is 17.5 Å². The fourth-order valence-corrected chi connectivity index (χ4v) is 4.83. The Morgan fingerprint density at radius 1 is 1.08 bits per heavy atom. The van der Waals surface area contributed by atoms with Crippen LogP contribution in [0.15, 0.2) is 54.6 Å². The highest BCUT2D eigenvalue weighted by molar-refractivity contribution is 6.12. The van der Waals surface area contributed by atoms with E-state index in [-0.39, 0.29) is 18.4 Å². The van der Waals surface area contributed by atoms with E-state index in [1.54, 1.807) is 9.58 Å². The minimum absolute atomic E-state index is 0.161. The Labute approximate surface area is 214 Å². The van der Waals surface area contributed by atoms with Crippen molar-refractivity contribution in [2.45, 2.75) is 72.4 Å². The van der Waals surface area contributed by atoms with Gasteiger partial charge in [-0.25, -0.2) is 0 Å². The molecule has 0 unspecified atom stereocenters. The van der Waals surface area contributed by atoms with Crippen molar-refractivity contribution in [2.75, 3.05) is 11.4 Å². The van der Waals surface area contributed by atoms with E-state index in [0.29, 0.717) is 24.1 Å². The molecule has 0 bridgehead atoms. The summed E-state index contributed by atoms with van der Waals surface area (Å²) in [5.41, 5.74) is 4.14. The highest BCUT2D eigenvalue weighted by atomic mass is 16.2. The molecule has 2 aromatic carbocycles. The zero-order valence-corrected chi connectivity index (χ0v) is 22.3. The SMILES string of the molecule is CCc1ccccc1N1C(=O)c2cc(-c3ccc(C(C)C)cc3)nn2C[C@@]1(C)C(=O)NCCC(C)C. The minimum atomic E-state index is -1.11. The predicted molar refractivity (Wildman–Crippen MR) is 145 cm³/mol. The van der Waals surface area contributed by atoms with Gasteiger partial charge in [0.25, 0.3) is 5.91 Å². The van der Waals surface area contributed by atoms with E-state index in [4.69, 9.17) is 5.10 Å². The molecule has 190 valence electrons. The molecule has 4 rings (SSSR count). The number of amides is 2. The molecule has 0 spiro atoms. The van der Waals surface area contributed by atoms with Crippen LogP contribution in [0.3, 0.4) is 0 Å². The van der Waals surface area contributed by atoms with Crippen LogP contribution in [0.25, 0.3) is 11.3 Å². The normalized spacial score (nSPS) is 17.6. The number of aryl methyl sites for hydroxylation is 1. The Kier molecular flexibility index (Phi) is 7.34. The number of fused-ring (bicyclic) bond motifs is 1. The fourth-order valence-electron chi connectivity index (χ4n) is 4.83. The third-order valence-corrected chi connectivity index (χ3v) is 7.14. The molecule has 6 nitrogen and oxygen atoms in total. The largest absolute Gasteiger partial charge is 0.354 e. The smallest absolute Gasteiger partial charge is 0.277 e. The Hall–Kier alpha value is -3.41. The molecule has 0 radical (unpaired) electrons. The maximum Gasteiger partial charge on any atom is 0.277 e. The lowest BCUT2D eigenvalue weighted by Gasteiger charge is -2.43. The number of hydrogen-bond donors (Lipinski definition) is 1. The standard InChI is InChI=1S/C30H38N4O2/c1-7-22-10-8-9-11-26(22)34-28(35)27-18-25(24-14-12-23(13-15-24)21(4)5)32-33(27)19-30(34,6)29(36)31-17-16-20(2)3/h8-15,18,20-21H,7,16-17,19H2,1-6H3,(H,31,36)/t30-/m0/s1. The maximum atomic E-state index is 14.1. The molecule has 1 aliphatic heterocycles. The van der Waals surface area contributed by atoms with Crippen molar-refractivity contribution in [1.29, 1.82) is 0 Å². The van der Waals surface area contributed by atoms with Gasteiger partial charge in [-0.15, -0.1) is 0 Å². The van der Waals surface area contributed by atoms with Crippen molar-refractivity contribution in [2.24, 2.45) is 5.92 Å². The van der Waals surface area contributed by atoms with Crippen molar-refractivity contribution in [3.05, 3.63) is 71.4 Å². The molecule has 6 heteroatoms. The van der Waals surface area contributed by atoms with Crippen LogP contribution in [0.5, 0.6) is 0 Å². The van der Waals surface area contributed by atoms with Gasteiger partial charge in [-0.1, -0.05) is 77.1 Å². The van der Waals surface area contributed by atoms with Crippen molar-refractivity contribution in [3.63, 3.8) is 0 Å². The number of para-hydroxylation sites is 1. The van der Waals surface area contributed by atoms with Crippen molar-refractivity contribution < 1.29 is 9.59 Å². The van der Waals surface area contributed by atoms with Gasteiger partial charge in [0.15, 0.2) is 0 Å². The zero-order chi connectivity index (χ0) is 26.0. The van der Waals surface area contributed by atoms with Gasteiger partial charge >= 0.3 is 0 Å². The first-order chi connectivity index (χ1) is 17.2. The number of nitrogens with zero attached hydrogens (tertiary/aromatic N) is 3. The van der Waals surface area contributed by atoms with Crippen LogP contribution in [0, 0.1) is 5.92 Å². The van der Waals surface area contributed by atoms with Crippen molar-refractivity contribution in [3.8, 4) is 11.3 Å². The lowest BCUT2D eigenvalue weighted by atomic mass is 9.92. The first-order valence-corrected chi connectivity index (χ1v) is 13.0. The Bertz CT molecular complexity index is 1240. The third kappa shape index (κ3) is 4.81. The van der Waals surface area contributed by atoms with E-state index in [2.05, 4.69) is 64.2 Å². The second kappa shape index (κ2) is 10.3. The monoisotopic (exact) mass is 486 g/mol. The summed E-state index contributed by atoms with van der Waals surface area (Å²) >= 11 is 0. The van der Waals surface area contributed by atoms with E-state index in [1.165, 1.54) is 5.56 Å². The summed E-state index contributed by atoms with van der Waals surface area (Å²) in [6.07, 6.45) is 1.64. The summed E-state index contributed by atoms with van der Waals surface area (Å²) in [5, 5.41) is 7.89. The molecule has 1 aliphatic rings. The van der Waals surface area contributed by atoms with Gasteiger partial charge in [0.1, 0.15) is 11.2 Å². The predicted octanol–water partition coefficient (Wildman–Crippen LogP) is 5.82. The topological polar surface area (TPSA) is 67.2 Å². The highest BCUT2D eigenvalue weighted by Gasteiger charge is 2.49. The quantitative estimate of drug-likeness (QED) is 0.436. The van der Waals surface area contributed by atoms with Gasteiger partial charge in [0.2, 0.25) is 5.91 Å². The fraction of sp³-hybridized carbons (Fsp3) is 0.433. The highest BCUT2D eigenvalue weighted by Crippen LogP contribution is 2.36. The summed E-state index contributed by atoms with van der Waals surface area (Å²) in [6, 6.07) is 18.0. The van der Waals surface area contributed by atoms with Gasteiger partial charge in [-0.3, -0.25) is 19.2 Å². The van der Waals surface area contributed by atoms with E-state index in [9.17, 15) is 9.59 Å². The lowest BCUT2D eigenvalue weighted by molar-refractivity contribution is -0.126. The Morgan fingerprint density at radius 3 is 2.42 bits per heavy atom. The average Bonchev–Trinajstić information content (AvgIpc) is 3.28. The zero-order valence-electron chi connectivity index (χ0n) is 22.3. The maximum absolute atomic E-state index is 14.1. The Morgan fingerprint density at radius 2 is 1.78 bits per heavy atom. The van der Waals surface area contributed by atoms with Crippen LogP contribution in [0.2, 0.25) is 0 Å².